The molecule has 0 amide bonds. The average molecular weight is 245 g/mol. The van der Waals surface area contributed by atoms with Crippen LogP contribution in [0.4, 0.5) is 5.13 Å². The minimum absolute atomic E-state index is 0.0881. The van der Waals surface area contributed by atoms with Crippen LogP contribution in [-0.4, -0.2) is 30.6 Å². The zero-order valence-corrected chi connectivity index (χ0v) is 11.4. The molecule has 1 heterocycles. The van der Waals surface area contributed by atoms with Crippen molar-refractivity contribution in [3.05, 3.63) is 10.6 Å². The molecule has 0 saturated heterocycles. The lowest BCUT2D eigenvalue weighted by Crippen LogP contribution is -2.19. The predicted octanol–water partition coefficient (Wildman–Crippen LogP) is 2.27. The van der Waals surface area contributed by atoms with Gasteiger partial charge in [-0.15, -0.1) is 11.3 Å². The lowest BCUT2D eigenvalue weighted by Gasteiger charge is -2.14. The first-order valence-electron chi connectivity index (χ1n) is 4.99. The molecular weight excluding hydrogens is 226 g/mol. The Hall–Kier alpha value is -0.260. The molecule has 1 unspecified atom stereocenters. The Balaban J connectivity index is 2.73. The summed E-state index contributed by atoms with van der Waals surface area (Å²) in [5, 5.41) is 1.08. The monoisotopic (exact) mass is 245 g/mol. The van der Waals surface area contributed by atoms with Gasteiger partial charge in [0.25, 0.3) is 0 Å². The molecule has 0 aliphatic heterocycles. The third kappa shape index (κ3) is 3.36. The third-order valence-corrected chi connectivity index (χ3v) is 4.26. The number of thiazole rings is 1. The molecule has 15 heavy (non-hydrogen) atoms. The summed E-state index contributed by atoms with van der Waals surface area (Å²) in [5.74, 6) is 1.13. The maximum Gasteiger partial charge on any atom is 0.185 e. The molecule has 0 radical (unpaired) electrons. The van der Waals surface area contributed by atoms with Gasteiger partial charge >= 0.3 is 0 Å². The van der Waals surface area contributed by atoms with Gasteiger partial charge in [-0.05, 0) is 20.1 Å². The maximum atomic E-state index is 5.88. The van der Waals surface area contributed by atoms with Gasteiger partial charge in [0.1, 0.15) is 0 Å². The van der Waals surface area contributed by atoms with Crippen molar-refractivity contribution in [1.82, 2.24) is 4.98 Å². The lowest BCUT2D eigenvalue weighted by molar-refractivity contribution is 0.825. The molecule has 0 bridgehead atoms. The number of hydrogen-bond acceptors (Lipinski definition) is 5. The number of aryl methyl sites for hydroxylation is 1. The van der Waals surface area contributed by atoms with Crippen LogP contribution in [0.3, 0.4) is 0 Å². The van der Waals surface area contributed by atoms with Crippen LogP contribution in [-0.2, 0) is 0 Å². The van der Waals surface area contributed by atoms with E-state index in [4.69, 9.17) is 5.73 Å². The van der Waals surface area contributed by atoms with Crippen molar-refractivity contribution in [3.63, 3.8) is 0 Å². The molecular formula is C10H19N3S2. The molecule has 0 fully saturated rings. The van der Waals surface area contributed by atoms with Crippen LogP contribution in [0.25, 0.3) is 0 Å². The number of aromatic nitrogens is 1. The fourth-order valence-corrected chi connectivity index (χ4v) is 2.77. The number of thioether (sulfide) groups is 1. The first-order chi connectivity index (χ1) is 7.06. The predicted molar refractivity (Wildman–Crippen MR) is 71.1 cm³/mol. The highest BCUT2D eigenvalue weighted by molar-refractivity contribution is 7.98. The molecule has 0 spiro atoms. The van der Waals surface area contributed by atoms with Crippen LogP contribution in [0.1, 0.15) is 23.5 Å². The standard InChI is InChI=1S/C10H19N3S2/c1-7(11)9-8(2)12-10(15-9)13(3)5-6-14-4/h7H,5-6,11H2,1-4H3. The number of hydrogen-bond donors (Lipinski definition) is 1. The van der Waals surface area contributed by atoms with Crippen molar-refractivity contribution in [2.24, 2.45) is 5.73 Å². The second-order valence-corrected chi connectivity index (χ2v) is 5.64. The van der Waals surface area contributed by atoms with Gasteiger partial charge in [0.15, 0.2) is 5.13 Å². The molecule has 3 nitrogen and oxygen atoms in total. The molecule has 1 aromatic rings. The Morgan fingerprint density at radius 1 is 1.60 bits per heavy atom. The number of nitrogens with two attached hydrogens (primary N) is 1. The molecule has 5 heteroatoms. The highest BCUT2D eigenvalue weighted by Gasteiger charge is 2.13. The van der Waals surface area contributed by atoms with Crippen molar-refractivity contribution in [2.75, 3.05) is 30.5 Å². The molecule has 1 rings (SSSR count). The van der Waals surface area contributed by atoms with Crippen molar-refractivity contribution < 1.29 is 0 Å². The third-order valence-electron chi connectivity index (χ3n) is 2.19. The van der Waals surface area contributed by atoms with E-state index in [1.54, 1.807) is 11.3 Å². The first-order valence-corrected chi connectivity index (χ1v) is 7.20. The van der Waals surface area contributed by atoms with Crippen molar-refractivity contribution in [2.45, 2.75) is 19.9 Å². The summed E-state index contributed by atoms with van der Waals surface area (Å²) in [5.41, 5.74) is 6.95. The van der Waals surface area contributed by atoms with Gasteiger partial charge in [-0.3, -0.25) is 0 Å². The second kappa shape index (κ2) is 5.72. The molecule has 0 aromatic carbocycles. The van der Waals surface area contributed by atoms with E-state index in [1.807, 2.05) is 25.6 Å². The summed E-state index contributed by atoms with van der Waals surface area (Å²) in [6.07, 6.45) is 2.12. The Morgan fingerprint density at radius 3 is 2.73 bits per heavy atom. The van der Waals surface area contributed by atoms with Crippen molar-refractivity contribution in [3.8, 4) is 0 Å². The Morgan fingerprint density at radius 2 is 2.27 bits per heavy atom. The normalized spacial score (nSPS) is 12.9. The molecule has 86 valence electrons. The largest absolute Gasteiger partial charge is 0.350 e. The molecule has 1 aromatic heterocycles. The van der Waals surface area contributed by atoms with E-state index in [9.17, 15) is 0 Å². The van der Waals surface area contributed by atoms with Gasteiger partial charge in [0, 0.05) is 30.3 Å². The quantitative estimate of drug-likeness (QED) is 0.864. The van der Waals surface area contributed by atoms with Crippen LogP contribution >= 0.6 is 23.1 Å². The zero-order chi connectivity index (χ0) is 11.4. The van der Waals surface area contributed by atoms with Crippen LogP contribution < -0.4 is 10.6 Å². The fourth-order valence-electron chi connectivity index (χ4n) is 1.30. The summed E-state index contributed by atoms with van der Waals surface area (Å²) >= 11 is 3.56. The number of rotatable bonds is 5. The van der Waals surface area contributed by atoms with Crippen molar-refractivity contribution in [1.29, 1.82) is 0 Å². The molecule has 2 N–H and O–H groups in total. The molecule has 0 saturated carbocycles. The summed E-state index contributed by atoms with van der Waals surface area (Å²) in [4.78, 5) is 7.93. The Labute approximate surface area is 100 Å². The van der Waals surface area contributed by atoms with Gasteiger partial charge in [0.05, 0.1) is 5.69 Å². The second-order valence-electron chi connectivity index (χ2n) is 3.65. The van der Waals surface area contributed by atoms with E-state index in [0.29, 0.717) is 0 Å². The minimum atomic E-state index is 0.0881. The lowest BCUT2D eigenvalue weighted by atomic mass is 10.2. The van der Waals surface area contributed by atoms with Crippen LogP contribution in [0.15, 0.2) is 0 Å². The average Bonchev–Trinajstić information content (AvgIpc) is 2.56. The van der Waals surface area contributed by atoms with E-state index in [2.05, 4.69) is 23.2 Å². The first kappa shape index (κ1) is 12.8. The fraction of sp³-hybridized carbons (Fsp3) is 0.700. The summed E-state index contributed by atoms with van der Waals surface area (Å²) in [6, 6.07) is 0.0881. The molecule has 0 aliphatic carbocycles. The number of nitrogens with zero attached hydrogens (tertiary/aromatic N) is 2. The summed E-state index contributed by atoms with van der Waals surface area (Å²) in [7, 11) is 2.08. The van der Waals surface area contributed by atoms with Gasteiger partial charge in [-0.2, -0.15) is 11.8 Å². The Bertz CT molecular complexity index is 310. The maximum absolute atomic E-state index is 5.88. The Kier molecular flexibility index (Phi) is 4.89. The van der Waals surface area contributed by atoms with Crippen LogP contribution in [0.5, 0.6) is 0 Å². The number of anilines is 1. The highest BCUT2D eigenvalue weighted by atomic mass is 32.2. The van der Waals surface area contributed by atoms with Gasteiger partial charge in [-0.1, -0.05) is 0 Å². The minimum Gasteiger partial charge on any atom is -0.350 e. The summed E-state index contributed by atoms with van der Waals surface area (Å²) in [6.45, 7) is 5.07. The summed E-state index contributed by atoms with van der Waals surface area (Å²) < 4.78 is 0. The van der Waals surface area contributed by atoms with E-state index < -0.39 is 0 Å². The van der Waals surface area contributed by atoms with E-state index in [0.717, 1.165) is 23.1 Å². The molecule has 1 atom stereocenters. The van der Waals surface area contributed by atoms with Crippen molar-refractivity contribution >= 4 is 28.2 Å². The van der Waals surface area contributed by atoms with E-state index >= 15 is 0 Å². The highest BCUT2D eigenvalue weighted by Crippen LogP contribution is 2.28. The smallest absolute Gasteiger partial charge is 0.185 e. The SMILES string of the molecule is CSCCN(C)c1nc(C)c(C(C)N)s1. The molecule has 0 aliphatic rings. The van der Waals surface area contributed by atoms with E-state index in [-0.39, 0.29) is 6.04 Å². The topological polar surface area (TPSA) is 42.2 Å². The van der Waals surface area contributed by atoms with Gasteiger partial charge in [0.2, 0.25) is 0 Å². The zero-order valence-electron chi connectivity index (χ0n) is 9.78. The van der Waals surface area contributed by atoms with Crippen LogP contribution in [0.2, 0.25) is 0 Å². The van der Waals surface area contributed by atoms with Gasteiger partial charge in [-0.25, -0.2) is 4.98 Å². The van der Waals surface area contributed by atoms with Crippen LogP contribution in [0, 0.1) is 6.92 Å². The van der Waals surface area contributed by atoms with Gasteiger partial charge < -0.3 is 10.6 Å². The van der Waals surface area contributed by atoms with E-state index in [1.165, 1.54) is 4.88 Å².